The molecule has 0 radical (unpaired) electrons. The number of non-ortho nitro benzene ring substituents is 1. The van der Waals surface area contributed by atoms with Crippen molar-refractivity contribution in [1.29, 1.82) is 0 Å². The van der Waals surface area contributed by atoms with Crippen LogP contribution in [0.4, 0.5) is 22.7 Å². The molecule has 6 nitrogen and oxygen atoms in total. The number of anilines is 3. The molecule has 0 unspecified atom stereocenters. The van der Waals surface area contributed by atoms with Crippen molar-refractivity contribution in [3.05, 3.63) is 58.6 Å². The average Bonchev–Trinajstić information content (AvgIpc) is 2.48. The number of nitro benzene ring substituents is 1. The van der Waals surface area contributed by atoms with Crippen molar-refractivity contribution in [3.8, 4) is 0 Å². The van der Waals surface area contributed by atoms with E-state index >= 15 is 0 Å². The lowest BCUT2D eigenvalue weighted by Gasteiger charge is -2.23. The first-order valence-corrected chi connectivity index (χ1v) is 6.24. The molecule has 0 aliphatic heterocycles. The smallest absolute Gasteiger partial charge is 0.273 e. The van der Waals surface area contributed by atoms with E-state index in [9.17, 15) is 10.1 Å². The maximum absolute atomic E-state index is 11.0. The third kappa shape index (κ3) is 2.86. The number of nitrogens with one attached hydrogen (secondary N) is 1. The van der Waals surface area contributed by atoms with Gasteiger partial charge in [0.25, 0.3) is 5.69 Å². The fourth-order valence-corrected chi connectivity index (χ4v) is 2.06. The van der Waals surface area contributed by atoms with Crippen molar-refractivity contribution in [1.82, 2.24) is 0 Å². The zero-order chi connectivity index (χ0) is 14.5. The summed E-state index contributed by atoms with van der Waals surface area (Å²) in [7, 11) is 0. The van der Waals surface area contributed by atoms with Crippen LogP contribution in [0.25, 0.3) is 0 Å². The van der Waals surface area contributed by atoms with Gasteiger partial charge in [-0.3, -0.25) is 16.0 Å². The molecule has 2 rings (SSSR count). The monoisotopic (exact) mass is 272 g/mol. The summed E-state index contributed by atoms with van der Waals surface area (Å²) in [5.41, 5.74) is 4.66. The topological polar surface area (TPSA) is 84.4 Å². The summed E-state index contributed by atoms with van der Waals surface area (Å²) in [5.74, 6) is 5.38. The first-order valence-electron chi connectivity index (χ1n) is 6.24. The Bertz CT molecular complexity index is 601. The normalized spacial score (nSPS) is 10.1. The Kier molecular flexibility index (Phi) is 4.17. The Morgan fingerprint density at radius 1 is 1.20 bits per heavy atom. The first kappa shape index (κ1) is 13.8. The van der Waals surface area contributed by atoms with Crippen molar-refractivity contribution in [2.75, 3.05) is 16.9 Å². The molecule has 0 saturated heterocycles. The van der Waals surface area contributed by atoms with Crippen LogP contribution in [0.2, 0.25) is 0 Å². The molecule has 2 aromatic rings. The lowest BCUT2D eigenvalue weighted by Crippen LogP contribution is -2.17. The minimum Gasteiger partial charge on any atom is -0.342 e. The number of nitrogen functional groups attached to an aromatic ring is 1. The number of rotatable bonds is 5. The average molecular weight is 272 g/mol. The standard InChI is InChI=1S/C14H16N4O2/c1-2-17(12-6-4-3-5-7-12)13-8-11(16-15)9-14(10-13)18(19)20/h3-10,16H,2,15H2,1H3. The molecular formula is C14H16N4O2. The van der Waals surface area contributed by atoms with E-state index in [4.69, 9.17) is 5.84 Å². The highest BCUT2D eigenvalue weighted by Crippen LogP contribution is 2.31. The third-order valence-corrected chi connectivity index (χ3v) is 2.98. The zero-order valence-electron chi connectivity index (χ0n) is 11.1. The van der Waals surface area contributed by atoms with Crippen LogP contribution in [0.1, 0.15) is 6.92 Å². The van der Waals surface area contributed by atoms with Gasteiger partial charge >= 0.3 is 0 Å². The lowest BCUT2D eigenvalue weighted by atomic mass is 10.2. The summed E-state index contributed by atoms with van der Waals surface area (Å²) < 4.78 is 0. The van der Waals surface area contributed by atoms with E-state index in [0.717, 1.165) is 11.4 Å². The highest BCUT2D eigenvalue weighted by atomic mass is 16.6. The number of hydrogen-bond donors (Lipinski definition) is 2. The van der Waals surface area contributed by atoms with Crippen molar-refractivity contribution >= 4 is 22.7 Å². The van der Waals surface area contributed by atoms with Gasteiger partial charge in [-0.1, -0.05) is 18.2 Å². The lowest BCUT2D eigenvalue weighted by molar-refractivity contribution is -0.384. The molecule has 0 amide bonds. The van der Waals surface area contributed by atoms with Gasteiger partial charge in [-0.25, -0.2) is 0 Å². The van der Waals surface area contributed by atoms with Gasteiger partial charge in [-0.15, -0.1) is 0 Å². The van der Waals surface area contributed by atoms with Crippen molar-refractivity contribution in [2.24, 2.45) is 5.84 Å². The minimum absolute atomic E-state index is 0.00447. The van der Waals surface area contributed by atoms with Crippen molar-refractivity contribution in [3.63, 3.8) is 0 Å². The number of nitrogens with zero attached hydrogens (tertiary/aromatic N) is 2. The Hall–Kier alpha value is -2.60. The number of nitrogens with two attached hydrogens (primary N) is 1. The molecule has 20 heavy (non-hydrogen) atoms. The summed E-state index contributed by atoms with van der Waals surface area (Å²) in [5, 5.41) is 11.0. The van der Waals surface area contributed by atoms with E-state index in [1.165, 1.54) is 12.1 Å². The number of para-hydroxylation sites is 1. The van der Waals surface area contributed by atoms with Gasteiger partial charge in [0.2, 0.25) is 0 Å². The summed E-state index contributed by atoms with van der Waals surface area (Å²) >= 11 is 0. The molecule has 0 aromatic heterocycles. The molecular weight excluding hydrogens is 256 g/mol. The summed E-state index contributed by atoms with van der Waals surface area (Å²) in [6.07, 6.45) is 0. The quantitative estimate of drug-likeness (QED) is 0.496. The van der Waals surface area contributed by atoms with Crippen LogP contribution < -0.4 is 16.2 Å². The third-order valence-electron chi connectivity index (χ3n) is 2.98. The SMILES string of the molecule is CCN(c1ccccc1)c1cc(NN)cc([N+](=O)[O-])c1. The van der Waals surface area contributed by atoms with E-state index in [2.05, 4.69) is 5.43 Å². The van der Waals surface area contributed by atoms with Crippen LogP contribution in [0.15, 0.2) is 48.5 Å². The highest BCUT2D eigenvalue weighted by molar-refractivity contribution is 5.70. The molecule has 2 aromatic carbocycles. The molecule has 0 aliphatic rings. The zero-order valence-corrected chi connectivity index (χ0v) is 11.1. The number of hydrazine groups is 1. The van der Waals surface area contributed by atoms with Crippen LogP contribution >= 0.6 is 0 Å². The Morgan fingerprint density at radius 3 is 2.45 bits per heavy atom. The number of nitro groups is 1. The van der Waals surface area contributed by atoms with E-state index in [1.807, 2.05) is 42.2 Å². The van der Waals surface area contributed by atoms with Gasteiger partial charge in [0.15, 0.2) is 0 Å². The van der Waals surface area contributed by atoms with E-state index < -0.39 is 4.92 Å². The molecule has 6 heteroatoms. The van der Waals surface area contributed by atoms with Crippen molar-refractivity contribution < 1.29 is 4.92 Å². The van der Waals surface area contributed by atoms with Crippen LogP contribution in [-0.2, 0) is 0 Å². The predicted molar refractivity (Wildman–Crippen MR) is 80.0 cm³/mol. The molecule has 0 spiro atoms. The van der Waals surface area contributed by atoms with Crippen LogP contribution in [0, 0.1) is 10.1 Å². The fraction of sp³-hybridized carbons (Fsp3) is 0.143. The minimum atomic E-state index is -0.427. The maximum atomic E-state index is 11.0. The number of hydrogen-bond acceptors (Lipinski definition) is 5. The van der Waals surface area contributed by atoms with Gasteiger partial charge in [-0.2, -0.15) is 0 Å². The van der Waals surface area contributed by atoms with E-state index in [0.29, 0.717) is 12.2 Å². The second-order valence-corrected chi connectivity index (χ2v) is 4.22. The Balaban J connectivity index is 2.49. The summed E-state index contributed by atoms with van der Waals surface area (Å²) in [4.78, 5) is 12.5. The Labute approximate surface area is 116 Å². The molecule has 0 bridgehead atoms. The van der Waals surface area contributed by atoms with Crippen molar-refractivity contribution in [2.45, 2.75) is 6.92 Å². The van der Waals surface area contributed by atoms with E-state index in [-0.39, 0.29) is 5.69 Å². The van der Waals surface area contributed by atoms with E-state index in [1.54, 1.807) is 6.07 Å². The van der Waals surface area contributed by atoms with Gasteiger partial charge in [0, 0.05) is 24.4 Å². The maximum Gasteiger partial charge on any atom is 0.273 e. The number of benzene rings is 2. The first-order chi connectivity index (χ1) is 9.65. The largest absolute Gasteiger partial charge is 0.342 e. The second-order valence-electron chi connectivity index (χ2n) is 4.22. The molecule has 0 atom stereocenters. The summed E-state index contributed by atoms with van der Waals surface area (Å²) in [6.45, 7) is 2.68. The molecule has 0 saturated carbocycles. The van der Waals surface area contributed by atoms with Crippen LogP contribution in [-0.4, -0.2) is 11.5 Å². The molecule has 104 valence electrons. The van der Waals surface area contributed by atoms with Crippen LogP contribution in [0.5, 0.6) is 0 Å². The summed E-state index contributed by atoms with van der Waals surface area (Å²) in [6, 6.07) is 14.4. The molecule has 3 N–H and O–H groups in total. The van der Waals surface area contributed by atoms with Gasteiger partial charge in [0.1, 0.15) is 0 Å². The second kappa shape index (κ2) is 6.03. The fourth-order valence-electron chi connectivity index (χ4n) is 2.06. The van der Waals surface area contributed by atoms with Crippen LogP contribution in [0.3, 0.4) is 0 Å². The highest BCUT2D eigenvalue weighted by Gasteiger charge is 2.14. The molecule has 0 heterocycles. The van der Waals surface area contributed by atoms with Gasteiger partial charge in [0.05, 0.1) is 16.3 Å². The molecule has 0 aliphatic carbocycles. The van der Waals surface area contributed by atoms with Gasteiger partial charge < -0.3 is 10.3 Å². The Morgan fingerprint density at radius 2 is 1.90 bits per heavy atom. The van der Waals surface area contributed by atoms with Gasteiger partial charge in [-0.05, 0) is 25.1 Å². The molecule has 0 fully saturated rings. The predicted octanol–water partition coefficient (Wildman–Crippen LogP) is 3.04.